The number of rotatable bonds is 0. The lowest BCUT2D eigenvalue weighted by molar-refractivity contribution is -0.137. The molecule has 0 aliphatic carbocycles. The van der Waals surface area contributed by atoms with Crippen LogP contribution in [0.25, 0.3) is 0 Å². The highest BCUT2D eigenvalue weighted by Crippen LogP contribution is 2.43. The van der Waals surface area contributed by atoms with E-state index in [0.717, 1.165) is 18.3 Å². The average Bonchev–Trinajstić information content (AvgIpc) is 2.13. The van der Waals surface area contributed by atoms with Crippen LogP contribution in [0.5, 0.6) is 0 Å². The van der Waals surface area contributed by atoms with Gasteiger partial charge < -0.3 is 5.32 Å². The lowest BCUT2D eigenvalue weighted by Crippen LogP contribution is -2.30. The highest BCUT2D eigenvalue weighted by atomic mass is 32.2. The molecule has 0 unspecified atom stereocenters. The Hall–Kier alpha value is -0.840. The van der Waals surface area contributed by atoms with Gasteiger partial charge in [0.05, 0.1) is 5.56 Å². The molecular weight excluding hydrogens is 235 g/mol. The molecule has 0 radical (unpaired) electrons. The predicted octanol–water partition coefficient (Wildman–Crippen LogP) is 4.00. The van der Waals surface area contributed by atoms with Crippen molar-refractivity contribution in [3.63, 3.8) is 0 Å². The molecule has 5 heteroatoms. The predicted molar refractivity (Wildman–Crippen MR) is 59.9 cm³/mol. The highest BCUT2D eigenvalue weighted by Gasteiger charge is 2.33. The molecule has 0 atom stereocenters. The number of alkyl halides is 3. The maximum absolute atomic E-state index is 12.5. The van der Waals surface area contributed by atoms with Crippen LogP contribution in [0.15, 0.2) is 23.1 Å². The van der Waals surface area contributed by atoms with E-state index in [-0.39, 0.29) is 4.75 Å². The second kappa shape index (κ2) is 3.58. The zero-order valence-electron chi connectivity index (χ0n) is 8.98. The van der Waals surface area contributed by atoms with E-state index >= 15 is 0 Å². The van der Waals surface area contributed by atoms with Gasteiger partial charge in [-0.2, -0.15) is 13.2 Å². The summed E-state index contributed by atoms with van der Waals surface area (Å²) in [5, 5.41) is 3.14. The first kappa shape index (κ1) is 11.6. The Morgan fingerprint density at radius 2 is 2.00 bits per heavy atom. The standard InChI is InChI=1S/C11H12F3NS/c1-10(2)6-15-8-4-3-7(11(12,13)14)5-9(8)16-10/h3-5,15H,6H2,1-2H3. The molecule has 0 fully saturated rings. The van der Waals surface area contributed by atoms with E-state index in [2.05, 4.69) is 5.32 Å². The summed E-state index contributed by atoms with van der Waals surface area (Å²) in [6.07, 6.45) is -4.27. The second-order valence-electron chi connectivity index (χ2n) is 4.42. The maximum Gasteiger partial charge on any atom is 0.416 e. The second-order valence-corrected chi connectivity index (χ2v) is 6.17. The number of halogens is 3. The summed E-state index contributed by atoms with van der Waals surface area (Å²) in [5.74, 6) is 0. The number of hydrogen-bond acceptors (Lipinski definition) is 2. The van der Waals surface area contributed by atoms with Crippen molar-refractivity contribution in [2.75, 3.05) is 11.9 Å². The fourth-order valence-electron chi connectivity index (χ4n) is 1.57. The Morgan fingerprint density at radius 3 is 2.62 bits per heavy atom. The van der Waals surface area contributed by atoms with Gasteiger partial charge in [-0.15, -0.1) is 11.8 Å². The Balaban J connectivity index is 2.39. The summed E-state index contributed by atoms with van der Waals surface area (Å²) in [4.78, 5) is 0.672. The van der Waals surface area contributed by atoms with Gasteiger partial charge in [-0.1, -0.05) is 0 Å². The van der Waals surface area contributed by atoms with Gasteiger partial charge in [0.1, 0.15) is 0 Å². The van der Waals surface area contributed by atoms with Crippen LogP contribution in [0.3, 0.4) is 0 Å². The largest absolute Gasteiger partial charge is 0.416 e. The zero-order chi connectivity index (χ0) is 12.0. The first-order valence-corrected chi connectivity index (χ1v) is 5.74. The van der Waals surface area contributed by atoms with E-state index in [9.17, 15) is 13.2 Å². The SMILES string of the molecule is CC1(C)CNc2ccc(C(F)(F)F)cc2S1. The third-order valence-electron chi connectivity index (χ3n) is 2.40. The molecule has 1 aliphatic heterocycles. The molecule has 1 nitrogen and oxygen atoms in total. The third-order valence-corrected chi connectivity index (χ3v) is 3.65. The Kier molecular flexibility index (Phi) is 2.61. The molecule has 1 aliphatic rings. The minimum absolute atomic E-state index is 0.0722. The molecule has 1 heterocycles. The monoisotopic (exact) mass is 247 g/mol. The van der Waals surface area contributed by atoms with Crippen LogP contribution >= 0.6 is 11.8 Å². The molecule has 0 aromatic heterocycles. The van der Waals surface area contributed by atoms with E-state index in [4.69, 9.17) is 0 Å². The van der Waals surface area contributed by atoms with Gasteiger partial charge in [-0.3, -0.25) is 0 Å². The molecule has 0 saturated heterocycles. The van der Waals surface area contributed by atoms with Gasteiger partial charge in [-0.05, 0) is 32.0 Å². The highest BCUT2D eigenvalue weighted by molar-refractivity contribution is 8.00. The molecule has 1 N–H and O–H groups in total. The number of thioether (sulfide) groups is 1. The average molecular weight is 247 g/mol. The lowest BCUT2D eigenvalue weighted by atomic mass is 10.1. The topological polar surface area (TPSA) is 12.0 Å². The van der Waals surface area contributed by atoms with Crippen LogP contribution < -0.4 is 5.32 Å². The number of fused-ring (bicyclic) bond motifs is 1. The summed E-state index contributed by atoms with van der Waals surface area (Å²) in [7, 11) is 0. The number of anilines is 1. The number of hydrogen-bond donors (Lipinski definition) is 1. The van der Waals surface area contributed by atoms with Crippen molar-refractivity contribution in [1.29, 1.82) is 0 Å². The van der Waals surface area contributed by atoms with Gasteiger partial charge in [-0.25, -0.2) is 0 Å². The Bertz CT molecular complexity index is 412. The van der Waals surface area contributed by atoms with E-state index in [1.54, 1.807) is 0 Å². The smallest absolute Gasteiger partial charge is 0.383 e. The van der Waals surface area contributed by atoms with E-state index in [1.807, 2.05) is 13.8 Å². The van der Waals surface area contributed by atoms with Crippen molar-refractivity contribution in [2.24, 2.45) is 0 Å². The van der Waals surface area contributed by atoms with Crippen molar-refractivity contribution in [1.82, 2.24) is 0 Å². The van der Waals surface area contributed by atoms with E-state index < -0.39 is 11.7 Å². The van der Waals surface area contributed by atoms with Crippen LogP contribution in [-0.2, 0) is 6.18 Å². The van der Waals surface area contributed by atoms with Crippen LogP contribution in [0.2, 0.25) is 0 Å². The van der Waals surface area contributed by atoms with Crippen LogP contribution in [0.4, 0.5) is 18.9 Å². The summed E-state index contributed by atoms with van der Waals surface area (Å²) in [5.41, 5.74) is 0.204. The van der Waals surface area contributed by atoms with Crippen molar-refractivity contribution in [3.8, 4) is 0 Å². The summed E-state index contributed by atoms with van der Waals surface area (Å²) < 4.78 is 37.5. The van der Waals surface area contributed by atoms with Crippen molar-refractivity contribution < 1.29 is 13.2 Å². The molecule has 2 rings (SSSR count). The fourth-order valence-corrected chi connectivity index (χ4v) is 2.75. The van der Waals surface area contributed by atoms with Crippen LogP contribution in [0.1, 0.15) is 19.4 Å². The van der Waals surface area contributed by atoms with Crippen molar-refractivity contribution in [3.05, 3.63) is 23.8 Å². The number of benzene rings is 1. The van der Waals surface area contributed by atoms with Crippen LogP contribution in [0, 0.1) is 0 Å². The minimum atomic E-state index is -4.27. The first-order chi connectivity index (χ1) is 7.28. The molecule has 0 amide bonds. The van der Waals surface area contributed by atoms with Crippen molar-refractivity contribution in [2.45, 2.75) is 29.7 Å². The first-order valence-electron chi connectivity index (χ1n) is 4.92. The lowest BCUT2D eigenvalue weighted by Gasteiger charge is -2.32. The molecule has 1 aromatic carbocycles. The molecule has 88 valence electrons. The molecule has 0 spiro atoms. The van der Waals surface area contributed by atoms with Crippen molar-refractivity contribution >= 4 is 17.4 Å². The van der Waals surface area contributed by atoms with Gasteiger partial charge in [0.2, 0.25) is 0 Å². The van der Waals surface area contributed by atoms with Crippen LogP contribution in [-0.4, -0.2) is 11.3 Å². The summed E-state index contributed by atoms with van der Waals surface area (Å²) in [6, 6.07) is 3.83. The van der Waals surface area contributed by atoms with Gasteiger partial charge in [0.15, 0.2) is 0 Å². The summed E-state index contributed by atoms with van der Waals surface area (Å²) >= 11 is 1.48. The summed E-state index contributed by atoms with van der Waals surface area (Å²) in [6.45, 7) is 4.78. The molecule has 1 aromatic rings. The maximum atomic E-state index is 12.5. The zero-order valence-corrected chi connectivity index (χ0v) is 9.80. The van der Waals surface area contributed by atoms with E-state index in [0.29, 0.717) is 4.90 Å². The molecule has 0 saturated carbocycles. The quantitative estimate of drug-likeness (QED) is 0.743. The fraction of sp³-hybridized carbons (Fsp3) is 0.455. The normalized spacial score (nSPS) is 18.8. The van der Waals surface area contributed by atoms with Gasteiger partial charge in [0.25, 0.3) is 0 Å². The minimum Gasteiger partial charge on any atom is -0.383 e. The number of nitrogens with one attached hydrogen (secondary N) is 1. The Labute approximate surface area is 96.4 Å². The Morgan fingerprint density at radius 1 is 1.31 bits per heavy atom. The molecular formula is C11H12F3NS. The third kappa shape index (κ3) is 2.29. The van der Waals surface area contributed by atoms with E-state index in [1.165, 1.54) is 23.9 Å². The van der Waals surface area contributed by atoms with Gasteiger partial charge in [0, 0.05) is 21.9 Å². The molecule has 16 heavy (non-hydrogen) atoms. The molecule has 0 bridgehead atoms. The van der Waals surface area contributed by atoms with Gasteiger partial charge >= 0.3 is 6.18 Å².